The van der Waals surface area contributed by atoms with Gasteiger partial charge in [0, 0.05) is 32.2 Å². The van der Waals surface area contributed by atoms with Crippen LogP contribution in [0.5, 0.6) is 0 Å². The van der Waals surface area contributed by atoms with E-state index in [1.54, 1.807) is 0 Å². The summed E-state index contributed by atoms with van der Waals surface area (Å²) < 4.78 is 0. The summed E-state index contributed by atoms with van der Waals surface area (Å²) in [6.45, 7) is 9.08. The molecule has 0 saturated carbocycles. The van der Waals surface area contributed by atoms with Gasteiger partial charge in [-0.15, -0.1) is 0 Å². The van der Waals surface area contributed by atoms with Gasteiger partial charge >= 0.3 is 0 Å². The second kappa shape index (κ2) is 6.91. The summed E-state index contributed by atoms with van der Waals surface area (Å²) in [5, 5.41) is 3.44. The molecule has 100 valence electrons. The number of benzene rings is 1. The predicted octanol–water partition coefficient (Wildman–Crippen LogP) is 3.13. The molecular weight excluding hydrogens is 220 g/mol. The van der Waals surface area contributed by atoms with Gasteiger partial charge in [0.15, 0.2) is 0 Å². The van der Waals surface area contributed by atoms with Crippen molar-refractivity contribution < 1.29 is 0 Å². The lowest BCUT2D eigenvalue weighted by molar-refractivity contribution is 0.163. The lowest BCUT2D eigenvalue weighted by Crippen LogP contribution is -2.45. The zero-order valence-corrected chi connectivity index (χ0v) is 11.8. The Morgan fingerprint density at radius 1 is 1.17 bits per heavy atom. The maximum atomic E-state index is 3.44. The van der Waals surface area contributed by atoms with Crippen LogP contribution in [0.25, 0.3) is 0 Å². The highest BCUT2D eigenvalue weighted by Gasteiger charge is 2.21. The summed E-state index contributed by atoms with van der Waals surface area (Å²) in [5.74, 6) is 0. The molecule has 1 atom stereocenters. The van der Waals surface area contributed by atoms with E-state index in [9.17, 15) is 0 Å². The van der Waals surface area contributed by atoms with E-state index in [0.29, 0.717) is 6.04 Å². The van der Waals surface area contributed by atoms with Crippen molar-refractivity contribution in [3.63, 3.8) is 0 Å². The molecule has 1 fully saturated rings. The molecule has 0 radical (unpaired) electrons. The molecule has 0 bridgehead atoms. The Labute approximate surface area is 111 Å². The van der Waals surface area contributed by atoms with E-state index in [1.165, 1.54) is 43.5 Å². The first-order valence-electron chi connectivity index (χ1n) is 7.32. The SMILES string of the molecule is CCCC[C@H](c1ccc(C)cc1)N1CCNCC1. The van der Waals surface area contributed by atoms with Gasteiger partial charge in [0.05, 0.1) is 0 Å². The van der Waals surface area contributed by atoms with Crippen LogP contribution in [0.4, 0.5) is 0 Å². The molecule has 0 unspecified atom stereocenters. The Kier molecular flexibility index (Phi) is 5.21. The van der Waals surface area contributed by atoms with Crippen LogP contribution in [0.15, 0.2) is 24.3 Å². The van der Waals surface area contributed by atoms with Crippen LogP contribution in [0.1, 0.15) is 43.4 Å². The molecule has 0 aliphatic carbocycles. The number of hydrogen-bond acceptors (Lipinski definition) is 2. The minimum atomic E-state index is 0.618. The van der Waals surface area contributed by atoms with Crippen LogP contribution in [0, 0.1) is 6.92 Å². The number of aryl methyl sites for hydroxylation is 1. The van der Waals surface area contributed by atoms with E-state index in [-0.39, 0.29) is 0 Å². The minimum Gasteiger partial charge on any atom is -0.314 e. The zero-order valence-electron chi connectivity index (χ0n) is 11.8. The molecule has 0 spiro atoms. The molecule has 1 aromatic carbocycles. The van der Waals surface area contributed by atoms with Gasteiger partial charge in [-0.25, -0.2) is 0 Å². The van der Waals surface area contributed by atoms with Crippen molar-refractivity contribution in [1.29, 1.82) is 0 Å². The number of piperazine rings is 1. The van der Waals surface area contributed by atoms with Crippen molar-refractivity contribution in [2.24, 2.45) is 0 Å². The summed E-state index contributed by atoms with van der Waals surface area (Å²) in [6.07, 6.45) is 3.90. The van der Waals surface area contributed by atoms with Crippen molar-refractivity contribution in [1.82, 2.24) is 10.2 Å². The topological polar surface area (TPSA) is 15.3 Å². The van der Waals surface area contributed by atoms with E-state index in [2.05, 4.69) is 48.3 Å². The van der Waals surface area contributed by atoms with Crippen molar-refractivity contribution in [3.8, 4) is 0 Å². The Bertz CT molecular complexity index is 339. The van der Waals surface area contributed by atoms with Gasteiger partial charge in [0.25, 0.3) is 0 Å². The van der Waals surface area contributed by atoms with Crippen LogP contribution in [-0.2, 0) is 0 Å². The average Bonchev–Trinajstić information content (AvgIpc) is 2.42. The first-order chi connectivity index (χ1) is 8.81. The Hall–Kier alpha value is -0.860. The highest BCUT2D eigenvalue weighted by atomic mass is 15.2. The second-order valence-corrected chi connectivity index (χ2v) is 5.35. The highest BCUT2D eigenvalue weighted by molar-refractivity contribution is 5.24. The van der Waals surface area contributed by atoms with Crippen molar-refractivity contribution >= 4 is 0 Å². The fourth-order valence-corrected chi connectivity index (χ4v) is 2.74. The summed E-state index contributed by atoms with van der Waals surface area (Å²) >= 11 is 0. The Balaban J connectivity index is 2.10. The quantitative estimate of drug-likeness (QED) is 0.858. The van der Waals surface area contributed by atoms with Crippen LogP contribution >= 0.6 is 0 Å². The molecule has 1 saturated heterocycles. The highest BCUT2D eigenvalue weighted by Crippen LogP contribution is 2.26. The molecule has 1 aromatic rings. The predicted molar refractivity (Wildman–Crippen MR) is 77.9 cm³/mol. The smallest absolute Gasteiger partial charge is 0.0349 e. The van der Waals surface area contributed by atoms with Crippen molar-refractivity contribution in [2.75, 3.05) is 26.2 Å². The molecular formula is C16H26N2. The molecule has 0 aromatic heterocycles. The lowest BCUT2D eigenvalue weighted by atomic mass is 9.98. The first-order valence-corrected chi connectivity index (χ1v) is 7.32. The fraction of sp³-hybridized carbons (Fsp3) is 0.625. The third-order valence-corrected chi connectivity index (χ3v) is 3.89. The second-order valence-electron chi connectivity index (χ2n) is 5.35. The van der Waals surface area contributed by atoms with Gasteiger partial charge in [-0.2, -0.15) is 0 Å². The van der Waals surface area contributed by atoms with Gasteiger partial charge in [0.2, 0.25) is 0 Å². The third kappa shape index (κ3) is 3.56. The molecule has 1 aliphatic heterocycles. The average molecular weight is 246 g/mol. The van der Waals surface area contributed by atoms with E-state index in [0.717, 1.165) is 13.1 Å². The van der Waals surface area contributed by atoms with Crippen LogP contribution in [-0.4, -0.2) is 31.1 Å². The maximum absolute atomic E-state index is 3.44. The molecule has 0 amide bonds. The largest absolute Gasteiger partial charge is 0.314 e. The lowest BCUT2D eigenvalue weighted by Gasteiger charge is -2.35. The molecule has 2 heteroatoms. The van der Waals surface area contributed by atoms with Crippen LogP contribution in [0.2, 0.25) is 0 Å². The first kappa shape index (κ1) is 13.6. The molecule has 18 heavy (non-hydrogen) atoms. The van der Waals surface area contributed by atoms with Gasteiger partial charge in [-0.05, 0) is 18.9 Å². The maximum Gasteiger partial charge on any atom is 0.0349 e. The molecule has 2 rings (SSSR count). The van der Waals surface area contributed by atoms with Gasteiger partial charge in [-0.1, -0.05) is 49.6 Å². The molecule has 1 heterocycles. The van der Waals surface area contributed by atoms with Gasteiger partial charge in [0.1, 0.15) is 0 Å². The van der Waals surface area contributed by atoms with Crippen LogP contribution in [0.3, 0.4) is 0 Å². The number of nitrogens with zero attached hydrogens (tertiary/aromatic N) is 1. The fourth-order valence-electron chi connectivity index (χ4n) is 2.74. The number of nitrogens with one attached hydrogen (secondary N) is 1. The van der Waals surface area contributed by atoms with E-state index in [1.807, 2.05) is 0 Å². The van der Waals surface area contributed by atoms with Crippen LogP contribution < -0.4 is 5.32 Å². The zero-order chi connectivity index (χ0) is 12.8. The molecule has 2 nitrogen and oxygen atoms in total. The van der Waals surface area contributed by atoms with E-state index < -0.39 is 0 Å². The summed E-state index contributed by atoms with van der Waals surface area (Å²) in [4.78, 5) is 2.65. The molecule has 1 aliphatic rings. The number of hydrogen-bond donors (Lipinski definition) is 1. The van der Waals surface area contributed by atoms with Gasteiger partial charge < -0.3 is 5.32 Å². The Morgan fingerprint density at radius 3 is 2.44 bits per heavy atom. The van der Waals surface area contributed by atoms with E-state index >= 15 is 0 Å². The third-order valence-electron chi connectivity index (χ3n) is 3.89. The monoisotopic (exact) mass is 246 g/mol. The Morgan fingerprint density at radius 2 is 1.83 bits per heavy atom. The minimum absolute atomic E-state index is 0.618. The number of rotatable bonds is 5. The van der Waals surface area contributed by atoms with E-state index in [4.69, 9.17) is 0 Å². The summed E-state index contributed by atoms with van der Waals surface area (Å²) in [6, 6.07) is 9.75. The molecule has 1 N–H and O–H groups in total. The van der Waals surface area contributed by atoms with Crippen molar-refractivity contribution in [3.05, 3.63) is 35.4 Å². The standard InChI is InChI=1S/C16H26N2/c1-3-4-5-16(18-12-10-17-11-13-18)15-8-6-14(2)7-9-15/h6-9,16-17H,3-5,10-13H2,1-2H3/t16-/m1/s1. The van der Waals surface area contributed by atoms with Gasteiger partial charge in [-0.3, -0.25) is 4.90 Å². The summed E-state index contributed by atoms with van der Waals surface area (Å²) in [5.41, 5.74) is 2.85. The summed E-state index contributed by atoms with van der Waals surface area (Å²) in [7, 11) is 0. The number of unbranched alkanes of at least 4 members (excludes halogenated alkanes) is 1. The van der Waals surface area contributed by atoms with Crippen molar-refractivity contribution in [2.45, 2.75) is 39.2 Å². The normalized spacial score (nSPS) is 18.8.